The lowest BCUT2D eigenvalue weighted by atomic mass is 10.1. The van der Waals surface area contributed by atoms with Gasteiger partial charge in [-0.2, -0.15) is 0 Å². The molecule has 3 nitrogen and oxygen atoms in total. The number of nitrogens with one attached hydrogen (secondary N) is 1. The molecule has 1 aliphatic rings. The molecule has 1 fully saturated rings. The summed E-state index contributed by atoms with van der Waals surface area (Å²) in [7, 11) is 0. The van der Waals surface area contributed by atoms with E-state index in [2.05, 4.69) is 22.8 Å². The normalized spacial score (nSPS) is 17.5. The Morgan fingerprint density at radius 3 is 2.95 bits per heavy atom. The molecule has 1 aromatic heterocycles. The van der Waals surface area contributed by atoms with Crippen LogP contribution in [0.2, 0.25) is 0 Å². The van der Waals surface area contributed by atoms with Crippen molar-refractivity contribution in [3.8, 4) is 0 Å². The molecule has 0 spiro atoms. The average Bonchev–Trinajstić information content (AvgIpc) is 2.93. The number of fused-ring (bicyclic) bond motifs is 1. The molecule has 96 valence electrons. The van der Waals surface area contributed by atoms with Crippen LogP contribution in [0.15, 0.2) is 35.3 Å². The third kappa shape index (κ3) is 2.05. The second kappa shape index (κ2) is 4.75. The van der Waals surface area contributed by atoms with Crippen molar-refractivity contribution < 1.29 is 4.79 Å². The highest BCUT2D eigenvalue weighted by Gasteiger charge is 2.29. The summed E-state index contributed by atoms with van der Waals surface area (Å²) >= 11 is 6.82. The fourth-order valence-electron chi connectivity index (χ4n) is 2.12. The van der Waals surface area contributed by atoms with Gasteiger partial charge in [0.25, 0.3) is 5.91 Å². The van der Waals surface area contributed by atoms with Crippen LogP contribution in [0, 0.1) is 0 Å². The molecule has 2 heterocycles. The summed E-state index contributed by atoms with van der Waals surface area (Å²) in [5, 5.41) is 6.69. The Kier molecular flexibility index (Phi) is 3.08. The van der Waals surface area contributed by atoms with E-state index in [9.17, 15) is 4.79 Å². The highest BCUT2D eigenvalue weighted by atomic mass is 32.1. The van der Waals surface area contributed by atoms with Gasteiger partial charge in [0.05, 0.1) is 0 Å². The molecule has 1 saturated heterocycles. The van der Waals surface area contributed by atoms with Crippen molar-refractivity contribution in [2.45, 2.75) is 6.92 Å². The number of carbonyl (C=O) groups excluding carboxylic acids is 1. The first-order chi connectivity index (χ1) is 9.20. The van der Waals surface area contributed by atoms with Crippen LogP contribution in [-0.4, -0.2) is 22.5 Å². The Hall–Kier alpha value is -1.72. The predicted molar refractivity (Wildman–Crippen MR) is 82.9 cm³/mol. The second-order valence-electron chi connectivity index (χ2n) is 4.22. The van der Waals surface area contributed by atoms with Crippen molar-refractivity contribution in [3.63, 3.8) is 0 Å². The van der Waals surface area contributed by atoms with Gasteiger partial charge in [0, 0.05) is 11.2 Å². The number of benzene rings is 1. The summed E-state index contributed by atoms with van der Waals surface area (Å²) in [6.45, 7) is 2.50. The lowest BCUT2D eigenvalue weighted by Crippen LogP contribution is -2.30. The van der Waals surface area contributed by atoms with Crippen LogP contribution in [0.25, 0.3) is 16.2 Å². The van der Waals surface area contributed by atoms with E-state index in [0.29, 0.717) is 17.4 Å². The van der Waals surface area contributed by atoms with Gasteiger partial charge in [-0.25, -0.2) is 0 Å². The van der Waals surface area contributed by atoms with E-state index in [1.54, 1.807) is 16.2 Å². The molecule has 0 unspecified atom stereocenters. The van der Waals surface area contributed by atoms with Crippen LogP contribution >= 0.6 is 23.6 Å². The zero-order valence-electron chi connectivity index (χ0n) is 10.3. The number of thiocarbonyl (C=S) groups is 1. The number of rotatable bonds is 2. The number of carbonyl (C=O) groups is 1. The third-order valence-corrected chi connectivity index (χ3v) is 4.39. The molecule has 0 atom stereocenters. The number of hydrogen-bond acceptors (Lipinski definition) is 3. The number of hydrogen-bond donors (Lipinski definition) is 1. The molecule has 19 heavy (non-hydrogen) atoms. The van der Waals surface area contributed by atoms with Gasteiger partial charge in [-0.1, -0.05) is 18.2 Å². The predicted octanol–water partition coefficient (Wildman–Crippen LogP) is 2.98. The summed E-state index contributed by atoms with van der Waals surface area (Å²) in [5.74, 6) is -0.0530. The standard InChI is InChI=1S/C14H12N2OS2/c1-2-16-13(17)11(15-14(16)18)7-9-8-19-12-6-4-3-5-10(9)12/h3-8H,2H2,1H3,(H,15,18). The minimum absolute atomic E-state index is 0.0530. The van der Waals surface area contributed by atoms with E-state index in [-0.39, 0.29) is 5.91 Å². The first-order valence-corrected chi connectivity index (χ1v) is 7.30. The first kappa shape index (κ1) is 12.3. The highest BCUT2D eigenvalue weighted by Crippen LogP contribution is 2.28. The van der Waals surface area contributed by atoms with Gasteiger partial charge in [0.2, 0.25) is 0 Å². The van der Waals surface area contributed by atoms with Crippen molar-refractivity contribution >= 4 is 50.7 Å². The Labute approximate surface area is 120 Å². The average molecular weight is 288 g/mol. The molecule has 1 amide bonds. The molecule has 5 heteroatoms. The largest absolute Gasteiger partial charge is 0.328 e. The Balaban J connectivity index is 2.03. The maximum atomic E-state index is 12.1. The van der Waals surface area contributed by atoms with Gasteiger partial charge in [-0.05, 0) is 47.6 Å². The molecule has 0 bridgehead atoms. The molecular weight excluding hydrogens is 276 g/mol. The molecule has 1 aromatic carbocycles. The van der Waals surface area contributed by atoms with Gasteiger partial charge in [-0.3, -0.25) is 9.69 Å². The Morgan fingerprint density at radius 2 is 2.21 bits per heavy atom. The molecule has 3 rings (SSSR count). The maximum absolute atomic E-state index is 12.1. The first-order valence-electron chi connectivity index (χ1n) is 6.01. The molecule has 0 radical (unpaired) electrons. The lowest BCUT2D eigenvalue weighted by molar-refractivity contribution is -0.122. The molecular formula is C14H12N2OS2. The van der Waals surface area contributed by atoms with Crippen LogP contribution in [0.1, 0.15) is 12.5 Å². The molecule has 2 aromatic rings. The summed E-state index contributed by atoms with van der Waals surface area (Å²) in [4.78, 5) is 13.7. The Morgan fingerprint density at radius 1 is 1.42 bits per heavy atom. The van der Waals surface area contributed by atoms with Crippen molar-refractivity contribution in [2.24, 2.45) is 0 Å². The number of nitrogens with zero attached hydrogens (tertiary/aromatic N) is 1. The van der Waals surface area contributed by atoms with Gasteiger partial charge in [-0.15, -0.1) is 11.3 Å². The third-order valence-electron chi connectivity index (χ3n) is 3.09. The van der Waals surface area contributed by atoms with E-state index in [0.717, 1.165) is 10.9 Å². The van der Waals surface area contributed by atoms with Gasteiger partial charge in [0.15, 0.2) is 5.11 Å². The highest BCUT2D eigenvalue weighted by molar-refractivity contribution is 7.80. The van der Waals surface area contributed by atoms with E-state index in [1.165, 1.54) is 4.70 Å². The van der Waals surface area contributed by atoms with E-state index < -0.39 is 0 Å². The summed E-state index contributed by atoms with van der Waals surface area (Å²) in [6.07, 6.45) is 1.88. The minimum Gasteiger partial charge on any atom is -0.328 e. The van der Waals surface area contributed by atoms with Gasteiger partial charge in [0.1, 0.15) is 5.70 Å². The maximum Gasteiger partial charge on any atom is 0.276 e. The van der Waals surface area contributed by atoms with Crippen LogP contribution < -0.4 is 5.32 Å². The van der Waals surface area contributed by atoms with Gasteiger partial charge >= 0.3 is 0 Å². The number of amides is 1. The van der Waals surface area contributed by atoms with Crippen molar-refractivity contribution in [1.82, 2.24) is 10.2 Å². The van der Waals surface area contributed by atoms with E-state index >= 15 is 0 Å². The Bertz CT molecular complexity index is 702. The minimum atomic E-state index is -0.0530. The van der Waals surface area contributed by atoms with Crippen LogP contribution in [0.4, 0.5) is 0 Å². The van der Waals surface area contributed by atoms with Crippen LogP contribution in [0.5, 0.6) is 0 Å². The monoisotopic (exact) mass is 288 g/mol. The lowest BCUT2D eigenvalue weighted by Gasteiger charge is -2.08. The SMILES string of the molecule is CCN1C(=O)C(=Cc2csc3ccccc23)NC1=S. The van der Waals surface area contributed by atoms with Crippen LogP contribution in [0.3, 0.4) is 0 Å². The number of likely N-dealkylation sites (N-methyl/N-ethyl adjacent to an activating group) is 1. The van der Waals surface area contributed by atoms with E-state index in [1.807, 2.05) is 25.1 Å². The smallest absolute Gasteiger partial charge is 0.276 e. The fraction of sp³-hybridized carbons (Fsp3) is 0.143. The topological polar surface area (TPSA) is 32.3 Å². The summed E-state index contributed by atoms with van der Waals surface area (Å²) < 4.78 is 1.22. The quantitative estimate of drug-likeness (QED) is 0.681. The van der Waals surface area contributed by atoms with E-state index in [4.69, 9.17) is 12.2 Å². The van der Waals surface area contributed by atoms with Crippen molar-refractivity contribution in [3.05, 3.63) is 40.9 Å². The van der Waals surface area contributed by atoms with Crippen LogP contribution in [-0.2, 0) is 4.79 Å². The zero-order valence-corrected chi connectivity index (χ0v) is 12.0. The molecule has 1 aliphatic heterocycles. The fourth-order valence-corrected chi connectivity index (χ4v) is 3.37. The summed E-state index contributed by atoms with van der Waals surface area (Å²) in [6, 6.07) is 8.16. The van der Waals surface area contributed by atoms with Gasteiger partial charge < -0.3 is 5.32 Å². The molecule has 1 N–H and O–H groups in total. The zero-order chi connectivity index (χ0) is 13.4. The van der Waals surface area contributed by atoms with Crippen molar-refractivity contribution in [1.29, 1.82) is 0 Å². The summed E-state index contributed by atoms with van der Waals surface area (Å²) in [5.41, 5.74) is 1.60. The second-order valence-corrected chi connectivity index (χ2v) is 5.52. The molecule has 0 aliphatic carbocycles. The van der Waals surface area contributed by atoms with Crippen molar-refractivity contribution in [2.75, 3.05) is 6.54 Å². The molecule has 0 saturated carbocycles. The number of thiophene rings is 1.